The average molecular weight is 301 g/mol. The van der Waals surface area contributed by atoms with Gasteiger partial charge in [0.25, 0.3) is 0 Å². The summed E-state index contributed by atoms with van der Waals surface area (Å²) in [5.74, 6) is 1.65. The first-order valence-corrected chi connectivity index (χ1v) is 8.90. The Kier molecular flexibility index (Phi) is 3.68. The number of hydrogen-bond acceptors (Lipinski definition) is 3. The van der Waals surface area contributed by atoms with Gasteiger partial charge >= 0.3 is 0 Å². The molecule has 2 aliphatic rings. The van der Waals surface area contributed by atoms with Gasteiger partial charge < -0.3 is 9.88 Å². The van der Waals surface area contributed by atoms with Crippen LogP contribution in [0.5, 0.6) is 0 Å². The second-order valence-electron chi connectivity index (χ2n) is 7.21. The number of rotatable bonds is 2. The van der Waals surface area contributed by atoms with Crippen molar-refractivity contribution in [2.24, 2.45) is 0 Å². The largest absolute Gasteiger partial charge is 0.314 e. The first-order chi connectivity index (χ1) is 10.7. The van der Waals surface area contributed by atoms with Gasteiger partial charge in [0.1, 0.15) is 5.82 Å². The van der Waals surface area contributed by atoms with Gasteiger partial charge in [-0.15, -0.1) is 9.73 Å². The van der Waals surface area contributed by atoms with Crippen LogP contribution in [0.1, 0.15) is 75.3 Å². The highest BCUT2D eigenvalue weighted by Crippen LogP contribution is 2.32. The zero-order chi connectivity index (χ0) is 15.1. The second-order valence-corrected chi connectivity index (χ2v) is 7.21. The summed E-state index contributed by atoms with van der Waals surface area (Å²) in [4.78, 5) is 0. The van der Waals surface area contributed by atoms with E-state index in [1.54, 1.807) is 0 Å². The summed E-state index contributed by atoms with van der Waals surface area (Å²) >= 11 is 0. The van der Waals surface area contributed by atoms with Crippen molar-refractivity contribution < 1.29 is 0 Å². The summed E-state index contributed by atoms with van der Waals surface area (Å²) in [6.07, 6.45) is 9.13. The van der Waals surface area contributed by atoms with E-state index >= 15 is 0 Å². The number of aromatic nitrogens is 4. The lowest BCUT2D eigenvalue weighted by molar-refractivity contribution is 0.355. The minimum absolute atomic E-state index is 0.540. The zero-order valence-corrected chi connectivity index (χ0v) is 13.8. The van der Waals surface area contributed by atoms with Gasteiger partial charge in [-0.3, -0.25) is 0 Å². The summed E-state index contributed by atoms with van der Waals surface area (Å²) in [7, 11) is 0. The summed E-state index contributed by atoms with van der Waals surface area (Å²) in [5.41, 5.74) is 2.41. The zero-order valence-electron chi connectivity index (χ0n) is 13.8. The van der Waals surface area contributed by atoms with E-state index < -0.39 is 0 Å². The number of nitrogens with one attached hydrogen (secondary N) is 1. The maximum Gasteiger partial charge on any atom is 0.158 e. The van der Waals surface area contributed by atoms with Crippen LogP contribution in [0.3, 0.4) is 0 Å². The van der Waals surface area contributed by atoms with E-state index in [4.69, 9.17) is 5.10 Å². The van der Waals surface area contributed by atoms with Gasteiger partial charge in [0.15, 0.2) is 5.65 Å². The maximum atomic E-state index is 4.78. The van der Waals surface area contributed by atoms with Crippen molar-refractivity contribution in [3.8, 4) is 0 Å². The van der Waals surface area contributed by atoms with Crippen molar-refractivity contribution in [1.82, 2.24) is 24.7 Å². The molecule has 2 unspecified atom stereocenters. The number of fused-ring (bicyclic) bond motifs is 1. The molecule has 2 fully saturated rings. The van der Waals surface area contributed by atoms with Crippen LogP contribution in [0.25, 0.3) is 5.65 Å². The summed E-state index contributed by atoms with van der Waals surface area (Å²) in [6.45, 7) is 5.43. The highest BCUT2D eigenvalue weighted by atomic mass is 15.5. The predicted molar refractivity (Wildman–Crippen MR) is 87.3 cm³/mol. The van der Waals surface area contributed by atoms with E-state index in [-0.39, 0.29) is 0 Å². The Hall–Kier alpha value is -1.36. The van der Waals surface area contributed by atoms with E-state index in [9.17, 15) is 0 Å². The van der Waals surface area contributed by atoms with Gasteiger partial charge in [-0.05, 0) is 39.5 Å². The van der Waals surface area contributed by atoms with Crippen molar-refractivity contribution in [3.05, 3.63) is 17.6 Å². The molecular weight excluding hydrogens is 274 g/mol. The first kappa shape index (κ1) is 14.2. The van der Waals surface area contributed by atoms with Gasteiger partial charge in [0, 0.05) is 30.6 Å². The molecule has 0 radical (unpaired) electrons. The fourth-order valence-electron chi connectivity index (χ4n) is 4.21. The van der Waals surface area contributed by atoms with Crippen molar-refractivity contribution in [3.63, 3.8) is 0 Å². The number of nitrogens with zero attached hydrogens (tertiary/aromatic N) is 4. The van der Waals surface area contributed by atoms with Crippen LogP contribution in [-0.4, -0.2) is 32.0 Å². The molecule has 2 aromatic heterocycles. The van der Waals surface area contributed by atoms with E-state index in [0.717, 1.165) is 12.4 Å². The molecule has 22 heavy (non-hydrogen) atoms. The van der Waals surface area contributed by atoms with Crippen LogP contribution in [-0.2, 0) is 0 Å². The molecule has 0 aromatic carbocycles. The first-order valence-electron chi connectivity index (χ1n) is 8.90. The molecule has 3 heterocycles. The average Bonchev–Trinajstić information content (AvgIpc) is 3.05. The molecule has 120 valence electrons. The number of aryl methyl sites for hydroxylation is 1. The van der Waals surface area contributed by atoms with Gasteiger partial charge in [0.2, 0.25) is 0 Å². The summed E-state index contributed by atoms with van der Waals surface area (Å²) in [6, 6.07) is 3.55. The van der Waals surface area contributed by atoms with Crippen LogP contribution >= 0.6 is 0 Å². The quantitative estimate of drug-likeness (QED) is 0.926. The summed E-state index contributed by atoms with van der Waals surface area (Å²) in [5, 5.41) is 13.0. The van der Waals surface area contributed by atoms with Crippen LogP contribution < -0.4 is 5.32 Å². The van der Waals surface area contributed by atoms with E-state index in [1.165, 1.54) is 56.3 Å². The molecule has 0 spiro atoms. The standard InChI is InChI=1S/C17H27N5/c1-12-8-9-14(11-18-12)16-10-17-21(13(2)19-22(17)20-16)15-6-4-3-5-7-15/h10,12,14-15,18H,3-9,11H2,1-2H3. The molecule has 1 aliphatic heterocycles. The van der Waals surface area contributed by atoms with Crippen molar-refractivity contribution in [1.29, 1.82) is 0 Å². The third kappa shape index (κ3) is 2.45. The third-order valence-corrected chi connectivity index (χ3v) is 5.55. The molecule has 0 bridgehead atoms. The van der Waals surface area contributed by atoms with E-state index in [0.29, 0.717) is 18.0 Å². The van der Waals surface area contributed by atoms with Crippen LogP contribution in [0.4, 0.5) is 0 Å². The molecule has 5 heteroatoms. The molecule has 2 aromatic rings. The lowest BCUT2D eigenvalue weighted by atomic mass is 9.93. The van der Waals surface area contributed by atoms with Gasteiger partial charge in [0.05, 0.1) is 5.69 Å². The van der Waals surface area contributed by atoms with Crippen molar-refractivity contribution >= 4 is 5.65 Å². The Balaban J connectivity index is 1.65. The van der Waals surface area contributed by atoms with E-state index in [1.807, 2.05) is 4.63 Å². The molecule has 4 rings (SSSR count). The van der Waals surface area contributed by atoms with Gasteiger partial charge in [-0.1, -0.05) is 19.3 Å². The van der Waals surface area contributed by atoms with E-state index in [2.05, 4.69) is 34.9 Å². The monoisotopic (exact) mass is 301 g/mol. The molecular formula is C17H27N5. The molecule has 2 atom stereocenters. The molecule has 0 amide bonds. The molecule has 1 saturated carbocycles. The normalized spacial score (nSPS) is 27.5. The second kappa shape index (κ2) is 5.69. The van der Waals surface area contributed by atoms with Gasteiger partial charge in [-0.2, -0.15) is 5.10 Å². The van der Waals surface area contributed by atoms with Crippen LogP contribution in [0, 0.1) is 6.92 Å². The fraction of sp³-hybridized carbons (Fsp3) is 0.765. The predicted octanol–water partition coefficient (Wildman–Crippen LogP) is 3.20. The van der Waals surface area contributed by atoms with Crippen molar-refractivity contribution in [2.45, 2.75) is 76.8 Å². The molecule has 1 N–H and O–H groups in total. The third-order valence-electron chi connectivity index (χ3n) is 5.55. The van der Waals surface area contributed by atoms with Crippen molar-refractivity contribution in [2.75, 3.05) is 6.54 Å². The Bertz CT molecular complexity index is 641. The van der Waals surface area contributed by atoms with Crippen LogP contribution in [0.15, 0.2) is 6.07 Å². The Morgan fingerprint density at radius 1 is 1.09 bits per heavy atom. The topological polar surface area (TPSA) is 47.1 Å². The SMILES string of the molecule is Cc1nn2nc(C3CCC(C)NC3)cc2n1C1CCCCC1. The van der Waals surface area contributed by atoms with Gasteiger partial charge in [-0.25, -0.2) is 0 Å². The highest BCUT2D eigenvalue weighted by Gasteiger charge is 2.25. The molecule has 1 aliphatic carbocycles. The Labute approximate surface area is 132 Å². The lowest BCUT2D eigenvalue weighted by Crippen LogP contribution is -2.35. The smallest absolute Gasteiger partial charge is 0.158 e. The Morgan fingerprint density at radius 3 is 2.64 bits per heavy atom. The van der Waals surface area contributed by atoms with Crippen LogP contribution in [0.2, 0.25) is 0 Å². The minimum atomic E-state index is 0.540. The highest BCUT2D eigenvalue weighted by molar-refractivity contribution is 5.42. The fourth-order valence-corrected chi connectivity index (χ4v) is 4.21. The lowest BCUT2D eigenvalue weighted by Gasteiger charge is -2.26. The summed E-state index contributed by atoms with van der Waals surface area (Å²) < 4.78 is 4.31. The molecule has 1 saturated heterocycles. The molecule has 5 nitrogen and oxygen atoms in total. The Morgan fingerprint density at radius 2 is 1.91 bits per heavy atom. The number of hydrogen-bond donors (Lipinski definition) is 1. The minimum Gasteiger partial charge on any atom is -0.314 e. The maximum absolute atomic E-state index is 4.78. The number of piperidine rings is 1.